The van der Waals surface area contributed by atoms with E-state index in [1.807, 2.05) is 0 Å². The zero-order valence-corrected chi connectivity index (χ0v) is 12.9. The molecule has 1 aromatic carbocycles. The largest absolute Gasteiger partial charge is 0.481 e. The topological polar surface area (TPSA) is 83.5 Å². The average molecular weight is 311 g/mol. The Balaban J connectivity index is 1.99. The fraction of sp³-hybridized carbons (Fsp3) is 0.533. The van der Waals surface area contributed by atoms with Crippen molar-refractivity contribution in [3.8, 4) is 0 Å². The highest BCUT2D eigenvalue weighted by molar-refractivity contribution is 7.91. The molecule has 1 aromatic rings. The third-order valence-corrected chi connectivity index (χ3v) is 5.95. The number of carboxylic acids is 1. The Labute approximate surface area is 125 Å². The van der Waals surface area contributed by atoms with Crippen LogP contribution < -0.4 is 5.32 Å². The molecule has 0 radical (unpaired) electrons. The van der Waals surface area contributed by atoms with Gasteiger partial charge in [0.1, 0.15) is 0 Å². The molecule has 0 saturated heterocycles. The van der Waals surface area contributed by atoms with E-state index in [1.165, 1.54) is 0 Å². The molecule has 2 N–H and O–H groups in total. The summed E-state index contributed by atoms with van der Waals surface area (Å²) in [6, 6.07) is 6.64. The van der Waals surface area contributed by atoms with Crippen molar-refractivity contribution in [2.24, 2.45) is 5.41 Å². The first kappa shape index (κ1) is 15.8. The summed E-state index contributed by atoms with van der Waals surface area (Å²) in [5.74, 6) is -0.678. The normalized spacial score (nSPS) is 17.0. The zero-order valence-electron chi connectivity index (χ0n) is 12.1. The van der Waals surface area contributed by atoms with Crippen LogP contribution in [0.1, 0.15) is 32.6 Å². The van der Waals surface area contributed by atoms with Crippen LogP contribution >= 0.6 is 0 Å². The lowest BCUT2D eigenvalue weighted by Gasteiger charge is -2.41. The Kier molecular flexibility index (Phi) is 4.56. The zero-order chi connectivity index (χ0) is 15.5. The molecule has 0 aromatic heterocycles. The Morgan fingerprint density at radius 2 is 1.90 bits per heavy atom. The second-order valence-electron chi connectivity index (χ2n) is 5.71. The third-order valence-electron chi connectivity index (χ3n) is 4.20. The van der Waals surface area contributed by atoms with Gasteiger partial charge in [0.15, 0.2) is 9.84 Å². The molecule has 1 saturated carbocycles. The predicted molar refractivity (Wildman–Crippen MR) is 81.2 cm³/mol. The number of aliphatic carboxylic acids is 1. The van der Waals surface area contributed by atoms with Gasteiger partial charge in [-0.2, -0.15) is 0 Å². The van der Waals surface area contributed by atoms with E-state index in [4.69, 9.17) is 5.11 Å². The van der Waals surface area contributed by atoms with Gasteiger partial charge >= 0.3 is 5.97 Å². The van der Waals surface area contributed by atoms with Crippen LogP contribution in [0.4, 0.5) is 5.69 Å². The SMILES string of the molecule is CCS(=O)(=O)c1ccc(NCC2(CC(=O)O)CCC2)cc1. The fourth-order valence-electron chi connectivity index (χ4n) is 2.65. The first-order chi connectivity index (χ1) is 9.87. The van der Waals surface area contributed by atoms with Crippen LogP contribution in [0.25, 0.3) is 0 Å². The van der Waals surface area contributed by atoms with E-state index >= 15 is 0 Å². The van der Waals surface area contributed by atoms with Gasteiger partial charge in [-0.3, -0.25) is 4.79 Å². The molecular weight excluding hydrogens is 290 g/mol. The Bertz CT molecular complexity index is 603. The number of carboxylic acid groups (broad SMARTS) is 1. The van der Waals surface area contributed by atoms with Crippen molar-refractivity contribution in [3.63, 3.8) is 0 Å². The molecule has 1 aliphatic carbocycles. The summed E-state index contributed by atoms with van der Waals surface area (Å²) < 4.78 is 23.4. The van der Waals surface area contributed by atoms with Crippen LogP contribution in [0.2, 0.25) is 0 Å². The van der Waals surface area contributed by atoms with E-state index in [1.54, 1.807) is 31.2 Å². The second kappa shape index (κ2) is 6.05. The molecule has 1 fully saturated rings. The molecular formula is C15H21NO4S. The summed E-state index contributed by atoms with van der Waals surface area (Å²) in [6.07, 6.45) is 3.11. The number of benzene rings is 1. The molecule has 2 rings (SSSR count). The van der Waals surface area contributed by atoms with Crippen LogP contribution in [0.3, 0.4) is 0 Å². The first-order valence-electron chi connectivity index (χ1n) is 7.15. The van der Waals surface area contributed by atoms with Gasteiger partial charge in [-0.05, 0) is 42.5 Å². The van der Waals surface area contributed by atoms with Gasteiger partial charge < -0.3 is 10.4 Å². The molecule has 0 unspecified atom stereocenters. The van der Waals surface area contributed by atoms with E-state index < -0.39 is 15.8 Å². The van der Waals surface area contributed by atoms with E-state index in [0.29, 0.717) is 11.4 Å². The molecule has 0 amide bonds. The molecule has 0 aliphatic heterocycles. The van der Waals surface area contributed by atoms with Gasteiger partial charge in [0.2, 0.25) is 0 Å². The van der Waals surface area contributed by atoms with Crippen molar-refractivity contribution in [2.45, 2.75) is 37.5 Å². The van der Waals surface area contributed by atoms with Crippen molar-refractivity contribution in [2.75, 3.05) is 17.6 Å². The van der Waals surface area contributed by atoms with E-state index in [9.17, 15) is 13.2 Å². The molecule has 0 spiro atoms. The second-order valence-corrected chi connectivity index (χ2v) is 7.98. The number of hydrogen-bond donors (Lipinski definition) is 2. The minimum Gasteiger partial charge on any atom is -0.481 e. The van der Waals surface area contributed by atoms with Crippen molar-refractivity contribution >= 4 is 21.5 Å². The number of nitrogens with one attached hydrogen (secondary N) is 1. The maximum Gasteiger partial charge on any atom is 0.303 e. The summed E-state index contributed by atoms with van der Waals surface area (Å²) in [7, 11) is -3.17. The molecule has 6 heteroatoms. The van der Waals surface area contributed by atoms with Gasteiger partial charge in [-0.1, -0.05) is 13.3 Å². The van der Waals surface area contributed by atoms with Crippen LogP contribution in [-0.2, 0) is 14.6 Å². The van der Waals surface area contributed by atoms with Gasteiger partial charge in [-0.25, -0.2) is 8.42 Å². The van der Waals surface area contributed by atoms with E-state index in [-0.39, 0.29) is 17.6 Å². The van der Waals surface area contributed by atoms with Crippen molar-refractivity contribution < 1.29 is 18.3 Å². The standard InChI is InChI=1S/C15H21NO4S/c1-2-21(19,20)13-6-4-12(5-7-13)16-11-15(8-3-9-15)10-14(17)18/h4-7,16H,2-3,8-11H2,1H3,(H,17,18). The molecule has 1 aliphatic rings. The average Bonchev–Trinajstić information content (AvgIpc) is 2.41. The van der Waals surface area contributed by atoms with Crippen molar-refractivity contribution in [1.29, 1.82) is 0 Å². The highest BCUT2D eigenvalue weighted by Crippen LogP contribution is 2.44. The Hall–Kier alpha value is -1.56. The van der Waals surface area contributed by atoms with E-state index in [0.717, 1.165) is 24.9 Å². The maximum atomic E-state index is 11.7. The Morgan fingerprint density at radius 1 is 1.29 bits per heavy atom. The maximum absolute atomic E-state index is 11.7. The van der Waals surface area contributed by atoms with Gasteiger partial charge in [0.25, 0.3) is 0 Å². The first-order valence-corrected chi connectivity index (χ1v) is 8.81. The lowest BCUT2D eigenvalue weighted by Crippen LogP contribution is -2.38. The monoisotopic (exact) mass is 311 g/mol. The summed E-state index contributed by atoms with van der Waals surface area (Å²) >= 11 is 0. The summed E-state index contributed by atoms with van der Waals surface area (Å²) in [6.45, 7) is 2.23. The highest BCUT2D eigenvalue weighted by Gasteiger charge is 2.38. The van der Waals surface area contributed by atoms with E-state index in [2.05, 4.69) is 5.32 Å². The van der Waals surface area contributed by atoms with Gasteiger partial charge in [-0.15, -0.1) is 0 Å². The van der Waals surface area contributed by atoms with Gasteiger partial charge in [0, 0.05) is 12.2 Å². The van der Waals surface area contributed by atoms with Crippen LogP contribution in [0.15, 0.2) is 29.2 Å². The number of sulfone groups is 1. The molecule has 5 nitrogen and oxygen atoms in total. The lowest BCUT2D eigenvalue weighted by atomic mass is 9.66. The third kappa shape index (κ3) is 3.75. The Morgan fingerprint density at radius 3 is 2.33 bits per heavy atom. The van der Waals surface area contributed by atoms with Crippen LogP contribution in [-0.4, -0.2) is 31.8 Å². The lowest BCUT2D eigenvalue weighted by molar-refractivity contribution is -0.141. The van der Waals surface area contributed by atoms with Crippen molar-refractivity contribution in [1.82, 2.24) is 0 Å². The van der Waals surface area contributed by atoms with Crippen LogP contribution in [0.5, 0.6) is 0 Å². The fourth-order valence-corrected chi connectivity index (χ4v) is 3.53. The van der Waals surface area contributed by atoms with Crippen molar-refractivity contribution in [3.05, 3.63) is 24.3 Å². The predicted octanol–water partition coefficient (Wildman–Crippen LogP) is 2.54. The molecule has 21 heavy (non-hydrogen) atoms. The quantitative estimate of drug-likeness (QED) is 0.808. The van der Waals surface area contributed by atoms with Gasteiger partial charge in [0.05, 0.1) is 17.1 Å². The molecule has 116 valence electrons. The number of carbonyl (C=O) groups is 1. The minimum atomic E-state index is -3.17. The van der Waals surface area contributed by atoms with Crippen LogP contribution in [0, 0.1) is 5.41 Å². The summed E-state index contributed by atoms with van der Waals surface area (Å²) in [4.78, 5) is 11.2. The summed E-state index contributed by atoms with van der Waals surface area (Å²) in [5, 5.41) is 12.2. The molecule has 0 heterocycles. The smallest absolute Gasteiger partial charge is 0.303 e. The minimum absolute atomic E-state index is 0.0848. The molecule has 0 bridgehead atoms. The molecule has 0 atom stereocenters. The number of anilines is 1. The number of rotatable bonds is 7. The number of hydrogen-bond acceptors (Lipinski definition) is 4. The summed E-state index contributed by atoms with van der Waals surface area (Å²) in [5.41, 5.74) is 0.668. The highest BCUT2D eigenvalue weighted by atomic mass is 32.2.